The number of nitrogens with one attached hydrogen (secondary N) is 5. The van der Waals surface area contributed by atoms with E-state index in [9.17, 15) is 29.4 Å². The first-order valence-electron chi connectivity index (χ1n) is 20.8. The standard InChI is InChI=1S/C49H59N5O8/c1-31(2)41(45(57)51-29-36-24-25-37(61-6)27-40(36)55)53-46(58)42(50-28-35-22-15-21-34-20-13-14-23-38(34)35)43(56)39(26-32-16-9-7-10-17-32)52-47(59)44(49(3,4)5)54-48(60)62-30-33-18-11-8-12-19-33/h7-25,27,31,39,41-44,50,55-56H,26,28-30H2,1-6H3,(H,51,57)(H,52,59)(H,53,58)(H,54,60). The molecule has 0 aromatic heterocycles. The number of phenolic OH excluding ortho intramolecular Hbond substituents is 1. The van der Waals surface area contributed by atoms with Crippen LogP contribution in [-0.2, 0) is 45.2 Å². The van der Waals surface area contributed by atoms with Gasteiger partial charge in [0.05, 0.1) is 19.3 Å². The molecule has 5 unspecified atom stereocenters. The minimum Gasteiger partial charge on any atom is -0.507 e. The lowest BCUT2D eigenvalue weighted by Crippen LogP contribution is -2.63. The van der Waals surface area contributed by atoms with Gasteiger partial charge in [0.15, 0.2) is 0 Å². The van der Waals surface area contributed by atoms with Crippen molar-refractivity contribution in [2.24, 2.45) is 11.3 Å². The van der Waals surface area contributed by atoms with E-state index in [-0.39, 0.29) is 37.8 Å². The van der Waals surface area contributed by atoms with E-state index in [1.54, 1.807) is 46.8 Å². The number of amides is 4. The van der Waals surface area contributed by atoms with E-state index in [1.807, 2.05) is 103 Å². The molecule has 13 heteroatoms. The molecule has 5 atom stereocenters. The Morgan fingerprint density at radius 1 is 0.677 bits per heavy atom. The lowest BCUT2D eigenvalue weighted by Gasteiger charge is -2.35. The van der Waals surface area contributed by atoms with Gasteiger partial charge in [-0.05, 0) is 57.3 Å². The average molecular weight is 846 g/mol. The van der Waals surface area contributed by atoms with Crippen molar-refractivity contribution in [3.63, 3.8) is 0 Å². The highest BCUT2D eigenvalue weighted by molar-refractivity contribution is 5.91. The molecule has 5 aromatic rings. The quantitative estimate of drug-likeness (QED) is 0.0532. The first-order chi connectivity index (χ1) is 29.6. The zero-order valence-electron chi connectivity index (χ0n) is 36.2. The molecule has 4 amide bonds. The Labute approximate surface area is 363 Å². The number of methoxy groups -OCH3 is 1. The van der Waals surface area contributed by atoms with Crippen molar-refractivity contribution in [1.29, 1.82) is 0 Å². The maximum Gasteiger partial charge on any atom is 0.408 e. The van der Waals surface area contributed by atoms with Gasteiger partial charge >= 0.3 is 6.09 Å². The lowest BCUT2D eigenvalue weighted by molar-refractivity contribution is -0.134. The number of fused-ring (bicyclic) bond motifs is 1. The SMILES string of the molecule is COc1ccc(CNC(=O)C(NC(=O)C(NCc2cccc3ccccc23)C(O)C(Cc2ccccc2)NC(=O)C(NC(=O)OCc2ccccc2)C(C)(C)C)C(C)C)c(O)c1. The number of aliphatic hydroxyl groups is 1. The molecular weight excluding hydrogens is 787 g/mol. The van der Waals surface area contributed by atoms with Crippen LogP contribution in [0.2, 0.25) is 0 Å². The maximum absolute atomic E-state index is 14.6. The third-order valence-electron chi connectivity index (χ3n) is 10.7. The number of rotatable bonds is 19. The van der Waals surface area contributed by atoms with E-state index >= 15 is 0 Å². The van der Waals surface area contributed by atoms with E-state index in [0.717, 1.165) is 27.5 Å². The predicted molar refractivity (Wildman–Crippen MR) is 239 cm³/mol. The van der Waals surface area contributed by atoms with Gasteiger partial charge in [0.25, 0.3) is 0 Å². The van der Waals surface area contributed by atoms with Crippen LogP contribution in [0.15, 0.2) is 121 Å². The Morgan fingerprint density at radius 2 is 1.32 bits per heavy atom. The molecule has 5 aromatic carbocycles. The van der Waals surface area contributed by atoms with Crippen LogP contribution in [0.1, 0.15) is 56.9 Å². The van der Waals surface area contributed by atoms with Crippen molar-refractivity contribution in [2.45, 2.75) is 91.0 Å². The third-order valence-corrected chi connectivity index (χ3v) is 10.7. The minimum atomic E-state index is -1.56. The zero-order chi connectivity index (χ0) is 44.8. The highest BCUT2D eigenvalue weighted by Gasteiger charge is 2.40. The molecule has 0 spiro atoms. The summed E-state index contributed by atoms with van der Waals surface area (Å²) < 4.78 is 10.6. The highest BCUT2D eigenvalue weighted by atomic mass is 16.5. The van der Waals surface area contributed by atoms with Crippen molar-refractivity contribution in [1.82, 2.24) is 26.6 Å². The Balaban J connectivity index is 1.43. The summed E-state index contributed by atoms with van der Waals surface area (Å²) in [5.74, 6) is -1.77. The number of ether oxygens (including phenoxy) is 2. The van der Waals surface area contributed by atoms with Gasteiger partial charge < -0.3 is 41.0 Å². The number of carbonyl (C=O) groups is 4. The van der Waals surface area contributed by atoms with Gasteiger partial charge in [-0.15, -0.1) is 0 Å². The largest absolute Gasteiger partial charge is 0.507 e. The molecule has 0 bridgehead atoms. The van der Waals surface area contributed by atoms with E-state index < -0.39 is 59.5 Å². The normalized spacial score (nSPS) is 13.9. The minimum absolute atomic E-state index is 0.000981. The molecule has 62 heavy (non-hydrogen) atoms. The van der Waals surface area contributed by atoms with Crippen molar-refractivity contribution in [2.75, 3.05) is 7.11 Å². The smallest absolute Gasteiger partial charge is 0.408 e. The third kappa shape index (κ3) is 13.0. The van der Waals surface area contributed by atoms with Crippen LogP contribution >= 0.6 is 0 Å². The first-order valence-corrected chi connectivity index (χ1v) is 20.8. The summed E-state index contributed by atoms with van der Waals surface area (Å²) in [5.41, 5.74) is 2.06. The molecule has 13 nitrogen and oxygen atoms in total. The van der Waals surface area contributed by atoms with Crippen LogP contribution in [0.3, 0.4) is 0 Å². The molecule has 328 valence electrons. The summed E-state index contributed by atoms with van der Waals surface area (Å²) in [4.78, 5) is 55.8. The fraction of sp³-hybridized carbons (Fsp3) is 0.347. The second-order valence-corrected chi connectivity index (χ2v) is 16.7. The van der Waals surface area contributed by atoms with E-state index in [1.165, 1.54) is 13.2 Å². The number of hydrogen-bond acceptors (Lipinski definition) is 9. The zero-order valence-corrected chi connectivity index (χ0v) is 36.2. The van der Waals surface area contributed by atoms with E-state index in [0.29, 0.717) is 11.3 Å². The van der Waals surface area contributed by atoms with Gasteiger partial charge in [-0.1, -0.05) is 138 Å². The van der Waals surface area contributed by atoms with Gasteiger partial charge in [0, 0.05) is 24.7 Å². The summed E-state index contributed by atoms with van der Waals surface area (Å²) in [6.45, 7) is 9.09. The number of aliphatic hydroxyl groups excluding tert-OH is 1. The molecule has 0 aliphatic rings. The Hall–Kier alpha value is -6.44. The summed E-state index contributed by atoms with van der Waals surface area (Å²) >= 11 is 0. The van der Waals surface area contributed by atoms with Crippen molar-refractivity contribution in [3.05, 3.63) is 144 Å². The molecule has 0 saturated heterocycles. The van der Waals surface area contributed by atoms with Crippen molar-refractivity contribution < 1.29 is 38.9 Å². The Bertz CT molecular complexity index is 2260. The summed E-state index contributed by atoms with van der Waals surface area (Å²) in [6.07, 6.45) is -2.24. The second-order valence-electron chi connectivity index (χ2n) is 16.7. The van der Waals surface area contributed by atoms with Gasteiger partial charge in [0.1, 0.15) is 36.2 Å². The maximum atomic E-state index is 14.6. The molecular formula is C49H59N5O8. The molecule has 0 heterocycles. The summed E-state index contributed by atoms with van der Waals surface area (Å²) in [5, 5.41) is 39.5. The Morgan fingerprint density at radius 3 is 1.97 bits per heavy atom. The van der Waals surface area contributed by atoms with Crippen LogP contribution in [-0.4, -0.2) is 71.4 Å². The monoisotopic (exact) mass is 845 g/mol. The van der Waals surface area contributed by atoms with Crippen LogP contribution in [0.4, 0.5) is 4.79 Å². The van der Waals surface area contributed by atoms with Crippen LogP contribution < -0.4 is 31.3 Å². The molecule has 7 N–H and O–H groups in total. The summed E-state index contributed by atoms with van der Waals surface area (Å²) in [6, 6.07) is 32.2. The molecule has 0 saturated carbocycles. The summed E-state index contributed by atoms with van der Waals surface area (Å²) in [7, 11) is 1.48. The van der Waals surface area contributed by atoms with Gasteiger partial charge in [-0.3, -0.25) is 19.7 Å². The average Bonchev–Trinajstić information content (AvgIpc) is 3.26. The van der Waals surface area contributed by atoms with Crippen LogP contribution in [0, 0.1) is 11.3 Å². The molecule has 0 aliphatic heterocycles. The number of benzene rings is 5. The fourth-order valence-electron chi connectivity index (χ4n) is 7.11. The number of hydrogen-bond donors (Lipinski definition) is 7. The number of aromatic hydroxyl groups is 1. The van der Waals surface area contributed by atoms with Crippen molar-refractivity contribution in [3.8, 4) is 11.5 Å². The van der Waals surface area contributed by atoms with Crippen molar-refractivity contribution >= 4 is 34.6 Å². The fourth-order valence-corrected chi connectivity index (χ4v) is 7.11. The first kappa shape index (κ1) is 46.6. The lowest BCUT2D eigenvalue weighted by atomic mass is 9.85. The van der Waals surface area contributed by atoms with Crippen LogP contribution in [0.25, 0.3) is 10.8 Å². The van der Waals surface area contributed by atoms with Crippen LogP contribution in [0.5, 0.6) is 11.5 Å². The molecule has 0 radical (unpaired) electrons. The number of alkyl carbamates (subject to hydrolysis) is 1. The van der Waals surface area contributed by atoms with Gasteiger partial charge in [-0.25, -0.2) is 4.79 Å². The van der Waals surface area contributed by atoms with E-state index in [4.69, 9.17) is 9.47 Å². The van der Waals surface area contributed by atoms with E-state index in [2.05, 4.69) is 26.6 Å². The topological polar surface area (TPSA) is 187 Å². The van der Waals surface area contributed by atoms with Gasteiger partial charge in [0.2, 0.25) is 17.7 Å². The predicted octanol–water partition coefficient (Wildman–Crippen LogP) is 5.90. The Kier molecular flexibility index (Phi) is 16.5. The molecule has 0 fully saturated rings. The van der Waals surface area contributed by atoms with Gasteiger partial charge in [-0.2, -0.15) is 0 Å². The highest BCUT2D eigenvalue weighted by Crippen LogP contribution is 2.24. The molecule has 5 rings (SSSR count). The second kappa shape index (κ2) is 21.9. The number of carbonyl (C=O) groups excluding carboxylic acids is 4. The number of phenols is 1. The molecule has 0 aliphatic carbocycles.